The summed E-state index contributed by atoms with van der Waals surface area (Å²) in [5, 5.41) is 21.1. The average molecular weight is 437 g/mol. The summed E-state index contributed by atoms with van der Waals surface area (Å²) in [5.41, 5.74) is 2.98. The summed E-state index contributed by atoms with van der Waals surface area (Å²) in [6, 6.07) is 11.5. The van der Waals surface area contributed by atoms with E-state index >= 15 is 0 Å². The van der Waals surface area contributed by atoms with E-state index in [-0.39, 0.29) is 22.5 Å². The largest absolute Gasteiger partial charge is 0.508 e. The lowest BCUT2D eigenvalue weighted by molar-refractivity contribution is -0.140. The fourth-order valence-corrected chi connectivity index (χ4v) is 3.91. The van der Waals surface area contributed by atoms with Gasteiger partial charge in [0.05, 0.1) is 11.6 Å². The number of phenolic OH excluding ortho intramolecular Hbond substituents is 1. The van der Waals surface area contributed by atoms with Gasteiger partial charge < -0.3 is 20.0 Å². The summed E-state index contributed by atoms with van der Waals surface area (Å²) in [6.45, 7) is 9.02. The Balaban J connectivity index is 2.21. The molecule has 1 heterocycles. The molecule has 1 atom stereocenters. The Kier molecular flexibility index (Phi) is 6.46. The second-order valence-electron chi connectivity index (χ2n) is 9.67. The molecule has 1 amide bonds. The lowest BCUT2D eigenvalue weighted by atomic mass is 9.84. The lowest BCUT2D eigenvalue weighted by Crippen LogP contribution is -2.35. The molecule has 1 aliphatic heterocycles. The zero-order valence-corrected chi connectivity index (χ0v) is 19.6. The summed E-state index contributed by atoms with van der Waals surface area (Å²) >= 11 is 0. The molecule has 0 radical (unpaired) electrons. The van der Waals surface area contributed by atoms with Crippen molar-refractivity contribution in [3.05, 3.63) is 70.3 Å². The van der Waals surface area contributed by atoms with Crippen molar-refractivity contribution in [1.29, 1.82) is 0 Å². The molecule has 3 rings (SSSR count). The van der Waals surface area contributed by atoms with Crippen molar-refractivity contribution in [2.75, 3.05) is 27.2 Å². The Labute approximate surface area is 189 Å². The van der Waals surface area contributed by atoms with E-state index in [2.05, 4.69) is 20.8 Å². The first-order valence-electron chi connectivity index (χ1n) is 10.8. The number of Topliss-reactive ketones (excluding diaryl/α,β-unsaturated/α-hetero) is 1. The van der Waals surface area contributed by atoms with Gasteiger partial charge in [-0.15, -0.1) is 0 Å². The van der Waals surface area contributed by atoms with Crippen LogP contribution in [-0.4, -0.2) is 58.9 Å². The number of benzene rings is 2. The van der Waals surface area contributed by atoms with Crippen LogP contribution < -0.4 is 0 Å². The van der Waals surface area contributed by atoms with Crippen LogP contribution in [0, 0.1) is 6.92 Å². The Morgan fingerprint density at radius 2 is 1.69 bits per heavy atom. The molecule has 0 spiro atoms. The molecule has 0 aliphatic carbocycles. The van der Waals surface area contributed by atoms with Crippen LogP contribution in [0.1, 0.15) is 49.1 Å². The molecule has 0 saturated carbocycles. The summed E-state index contributed by atoms with van der Waals surface area (Å²) in [7, 11) is 3.79. The van der Waals surface area contributed by atoms with Crippen LogP contribution in [0.5, 0.6) is 5.75 Å². The number of carbonyl (C=O) groups excluding carboxylic acids is 2. The number of nitrogens with zero attached hydrogens (tertiary/aromatic N) is 2. The van der Waals surface area contributed by atoms with Crippen LogP contribution in [0.25, 0.3) is 5.76 Å². The van der Waals surface area contributed by atoms with Crippen LogP contribution in [-0.2, 0) is 15.0 Å². The minimum Gasteiger partial charge on any atom is -0.508 e. The Hall–Kier alpha value is -3.12. The van der Waals surface area contributed by atoms with E-state index in [0.29, 0.717) is 24.2 Å². The lowest BCUT2D eigenvalue weighted by Gasteiger charge is -2.27. The molecule has 2 N–H and O–H groups in total. The Morgan fingerprint density at radius 3 is 2.25 bits per heavy atom. The summed E-state index contributed by atoms with van der Waals surface area (Å²) in [5.74, 6) is -1.40. The molecule has 6 nitrogen and oxygen atoms in total. The van der Waals surface area contributed by atoms with Gasteiger partial charge in [0.25, 0.3) is 11.7 Å². The SMILES string of the molecule is Cc1ccc(C(C)(C)C)cc1/C(O)=C1\C(=O)C(=O)N(CCN(C)C)C1c1ccc(O)cc1. The number of phenols is 1. The number of likely N-dealkylation sites (N-methyl/N-ethyl adjacent to an activating group) is 1. The van der Waals surface area contributed by atoms with E-state index in [0.717, 1.165) is 11.1 Å². The van der Waals surface area contributed by atoms with E-state index in [1.54, 1.807) is 12.1 Å². The maximum Gasteiger partial charge on any atom is 0.295 e. The van der Waals surface area contributed by atoms with Gasteiger partial charge in [-0.3, -0.25) is 9.59 Å². The molecule has 1 unspecified atom stereocenters. The minimum absolute atomic E-state index is 0.0774. The van der Waals surface area contributed by atoms with Crippen molar-refractivity contribution in [2.45, 2.75) is 39.2 Å². The van der Waals surface area contributed by atoms with E-state index in [9.17, 15) is 19.8 Å². The molecule has 1 saturated heterocycles. The molecule has 6 heteroatoms. The topological polar surface area (TPSA) is 81.1 Å². The smallest absolute Gasteiger partial charge is 0.295 e. The van der Waals surface area contributed by atoms with Crippen molar-refractivity contribution in [3.8, 4) is 5.75 Å². The fourth-order valence-electron chi connectivity index (χ4n) is 3.91. The molecule has 32 heavy (non-hydrogen) atoms. The second-order valence-corrected chi connectivity index (χ2v) is 9.67. The number of hydrogen-bond acceptors (Lipinski definition) is 5. The van der Waals surface area contributed by atoms with Crippen molar-refractivity contribution >= 4 is 17.4 Å². The highest BCUT2D eigenvalue weighted by atomic mass is 16.3. The van der Waals surface area contributed by atoms with Gasteiger partial charge >= 0.3 is 0 Å². The van der Waals surface area contributed by atoms with E-state index in [1.807, 2.05) is 44.1 Å². The summed E-state index contributed by atoms with van der Waals surface area (Å²) < 4.78 is 0. The highest BCUT2D eigenvalue weighted by Gasteiger charge is 2.46. The van der Waals surface area contributed by atoms with Gasteiger partial charge in [0.2, 0.25) is 0 Å². The van der Waals surface area contributed by atoms with Gasteiger partial charge in [0, 0.05) is 18.7 Å². The molecule has 2 aromatic rings. The molecule has 0 bridgehead atoms. The number of rotatable bonds is 5. The van der Waals surface area contributed by atoms with Gasteiger partial charge in [-0.1, -0.05) is 45.0 Å². The third-order valence-corrected chi connectivity index (χ3v) is 5.90. The van der Waals surface area contributed by atoms with E-state index < -0.39 is 17.7 Å². The zero-order chi connectivity index (χ0) is 23.8. The number of ketones is 1. The van der Waals surface area contributed by atoms with Crippen LogP contribution >= 0.6 is 0 Å². The Bertz CT molecular complexity index is 1060. The van der Waals surface area contributed by atoms with Crippen molar-refractivity contribution in [2.24, 2.45) is 0 Å². The van der Waals surface area contributed by atoms with Gasteiger partial charge in [0.15, 0.2) is 0 Å². The predicted octanol–water partition coefficient (Wildman–Crippen LogP) is 3.98. The minimum atomic E-state index is -0.728. The first-order valence-corrected chi connectivity index (χ1v) is 10.8. The molecular formula is C26H32N2O4. The van der Waals surface area contributed by atoms with Crippen LogP contribution in [0.15, 0.2) is 48.0 Å². The molecule has 170 valence electrons. The number of likely N-dealkylation sites (tertiary alicyclic amines) is 1. The maximum atomic E-state index is 13.1. The molecule has 1 aliphatic rings. The predicted molar refractivity (Wildman–Crippen MR) is 126 cm³/mol. The first kappa shape index (κ1) is 23.5. The van der Waals surface area contributed by atoms with Crippen LogP contribution in [0.3, 0.4) is 0 Å². The van der Waals surface area contributed by atoms with Crippen molar-refractivity contribution in [1.82, 2.24) is 9.80 Å². The van der Waals surface area contributed by atoms with Gasteiger partial charge in [0.1, 0.15) is 11.5 Å². The van der Waals surface area contributed by atoms with Crippen LogP contribution in [0.2, 0.25) is 0 Å². The number of hydrogen-bond donors (Lipinski definition) is 2. The highest BCUT2D eigenvalue weighted by molar-refractivity contribution is 6.46. The Morgan fingerprint density at radius 1 is 1.06 bits per heavy atom. The number of amides is 1. The maximum absolute atomic E-state index is 13.1. The third kappa shape index (κ3) is 4.55. The number of aryl methyl sites for hydroxylation is 1. The van der Waals surface area contributed by atoms with E-state index in [4.69, 9.17) is 0 Å². The zero-order valence-electron chi connectivity index (χ0n) is 19.6. The second kappa shape index (κ2) is 8.79. The number of carbonyl (C=O) groups is 2. The van der Waals surface area contributed by atoms with Gasteiger partial charge in [-0.05, 0) is 61.3 Å². The van der Waals surface area contributed by atoms with Crippen LogP contribution in [0.4, 0.5) is 0 Å². The normalized spacial score (nSPS) is 18.6. The standard InChI is InChI=1S/C26H32N2O4/c1-16-7-10-18(26(2,3)4)15-20(16)23(30)21-22(17-8-11-19(29)12-9-17)28(14-13-27(5)6)25(32)24(21)31/h7-12,15,22,29-30H,13-14H2,1-6H3/b23-21+. The van der Waals surface area contributed by atoms with Crippen molar-refractivity contribution < 1.29 is 19.8 Å². The first-order chi connectivity index (χ1) is 14.9. The molecule has 1 fully saturated rings. The number of aromatic hydroxyl groups is 1. The van der Waals surface area contributed by atoms with Gasteiger partial charge in [-0.2, -0.15) is 0 Å². The number of aliphatic hydroxyl groups is 1. The third-order valence-electron chi connectivity index (χ3n) is 5.90. The highest BCUT2D eigenvalue weighted by Crippen LogP contribution is 2.40. The summed E-state index contributed by atoms with van der Waals surface area (Å²) in [6.07, 6.45) is 0. The van der Waals surface area contributed by atoms with Crippen molar-refractivity contribution in [3.63, 3.8) is 0 Å². The molecular weight excluding hydrogens is 404 g/mol. The number of aliphatic hydroxyl groups excluding tert-OH is 1. The monoisotopic (exact) mass is 436 g/mol. The van der Waals surface area contributed by atoms with Gasteiger partial charge in [-0.25, -0.2) is 0 Å². The fraction of sp³-hybridized carbons (Fsp3) is 0.385. The average Bonchev–Trinajstić information content (AvgIpc) is 2.96. The quantitative estimate of drug-likeness (QED) is 0.421. The van der Waals surface area contributed by atoms with E-state index in [1.165, 1.54) is 17.0 Å². The molecule has 0 aromatic heterocycles. The summed E-state index contributed by atoms with van der Waals surface area (Å²) in [4.78, 5) is 29.6. The molecule has 2 aromatic carbocycles.